The molecule has 110 valence electrons. The summed E-state index contributed by atoms with van der Waals surface area (Å²) in [4.78, 5) is 12.2. The first-order chi connectivity index (χ1) is 9.49. The molecule has 1 amide bonds. The Morgan fingerprint density at radius 2 is 2.00 bits per heavy atom. The molecule has 0 aliphatic rings. The fourth-order valence-electron chi connectivity index (χ4n) is 2.07. The highest BCUT2D eigenvalue weighted by Gasteiger charge is 2.33. The number of hydrogen-bond acceptors (Lipinski definition) is 3. The number of nitrogens with two attached hydrogens (primary N) is 1. The number of carbonyl (C=O) groups is 1. The van der Waals surface area contributed by atoms with E-state index >= 15 is 0 Å². The van der Waals surface area contributed by atoms with Crippen LogP contribution < -0.4 is 11.1 Å². The number of hydrogen-bond donors (Lipinski definition) is 3. The summed E-state index contributed by atoms with van der Waals surface area (Å²) in [6, 6.07) is 7.17. The zero-order valence-corrected chi connectivity index (χ0v) is 12.4. The first kappa shape index (κ1) is 16.3. The third kappa shape index (κ3) is 3.63. The van der Waals surface area contributed by atoms with E-state index in [1.54, 1.807) is 12.1 Å². The summed E-state index contributed by atoms with van der Waals surface area (Å²) in [6.07, 6.45) is 1.22. The van der Waals surface area contributed by atoms with Crippen molar-refractivity contribution in [1.82, 2.24) is 5.32 Å². The van der Waals surface area contributed by atoms with Crippen LogP contribution >= 0.6 is 11.6 Å². The van der Waals surface area contributed by atoms with E-state index in [1.807, 2.05) is 26.0 Å². The molecule has 0 atom stereocenters. The van der Waals surface area contributed by atoms with Gasteiger partial charge in [-0.3, -0.25) is 4.79 Å². The number of amides is 1. The molecule has 0 radical (unpaired) electrons. The van der Waals surface area contributed by atoms with Crippen molar-refractivity contribution in [2.75, 3.05) is 0 Å². The van der Waals surface area contributed by atoms with E-state index in [-0.39, 0.29) is 18.2 Å². The van der Waals surface area contributed by atoms with Gasteiger partial charge in [0.25, 0.3) is 0 Å². The fourth-order valence-corrected chi connectivity index (χ4v) is 2.28. The number of halogens is 1. The van der Waals surface area contributed by atoms with Crippen molar-refractivity contribution in [2.45, 2.75) is 38.6 Å². The van der Waals surface area contributed by atoms with Gasteiger partial charge in [0.2, 0.25) is 5.91 Å². The summed E-state index contributed by atoms with van der Waals surface area (Å²) in [5, 5.41) is 15.3. The van der Waals surface area contributed by atoms with Crippen LogP contribution in [0.4, 0.5) is 0 Å². The van der Waals surface area contributed by atoms with Crippen molar-refractivity contribution in [3.63, 3.8) is 0 Å². The Morgan fingerprint density at radius 1 is 1.40 bits per heavy atom. The second-order valence-corrected chi connectivity index (χ2v) is 5.00. The minimum Gasteiger partial charge on any atom is -0.409 e. The van der Waals surface area contributed by atoms with Crippen molar-refractivity contribution in [2.24, 2.45) is 10.9 Å². The smallest absolute Gasteiger partial charge is 0.225 e. The maximum atomic E-state index is 12.2. The number of amidine groups is 1. The van der Waals surface area contributed by atoms with E-state index in [4.69, 9.17) is 22.5 Å². The minimum atomic E-state index is -0.826. The third-order valence-electron chi connectivity index (χ3n) is 3.49. The Balaban J connectivity index is 2.85. The van der Waals surface area contributed by atoms with Gasteiger partial charge in [0.05, 0.1) is 6.42 Å². The van der Waals surface area contributed by atoms with Crippen molar-refractivity contribution in [1.29, 1.82) is 0 Å². The predicted octanol–water partition coefficient (Wildman–Crippen LogP) is 2.30. The van der Waals surface area contributed by atoms with Gasteiger partial charge in [-0.05, 0) is 24.5 Å². The van der Waals surface area contributed by atoms with Gasteiger partial charge in [0.1, 0.15) is 5.54 Å². The monoisotopic (exact) mass is 297 g/mol. The zero-order chi connectivity index (χ0) is 15.2. The molecule has 0 spiro atoms. The van der Waals surface area contributed by atoms with Crippen molar-refractivity contribution >= 4 is 23.3 Å². The summed E-state index contributed by atoms with van der Waals surface area (Å²) in [5.74, 6) is -0.205. The van der Waals surface area contributed by atoms with E-state index in [0.29, 0.717) is 17.9 Å². The molecular formula is C14H20ClN3O2. The standard InChI is InChI=1S/C14H20ClN3O2/c1-3-14(4-2,13(16)18-20)17-12(19)9-10-7-5-6-8-11(10)15/h5-8,20H,3-4,9H2,1-2H3,(H2,16,18)(H,17,19). The topological polar surface area (TPSA) is 87.7 Å². The molecule has 0 fully saturated rings. The molecule has 1 aromatic rings. The average molecular weight is 298 g/mol. The second kappa shape index (κ2) is 7.14. The molecule has 0 bridgehead atoms. The van der Waals surface area contributed by atoms with Crippen molar-refractivity contribution in [3.8, 4) is 0 Å². The maximum Gasteiger partial charge on any atom is 0.225 e. The number of oxime groups is 1. The third-order valence-corrected chi connectivity index (χ3v) is 3.86. The SMILES string of the molecule is CCC(CC)(NC(=O)Cc1ccccc1Cl)/C(N)=N/O. The van der Waals surface area contributed by atoms with Crippen LogP contribution in [0.15, 0.2) is 29.4 Å². The number of carbonyl (C=O) groups excluding carboxylic acids is 1. The molecule has 0 saturated carbocycles. The highest BCUT2D eigenvalue weighted by atomic mass is 35.5. The molecule has 0 heterocycles. The molecule has 0 aliphatic heterocycles. The highest BCUT2D eigenvalue weighted by molar-refractivity contribution is 6.31. The molecular weight excluding hydrogens is 278 g/mol. The second-order valence-electron chi connectivity index (χ2n) is 4.59. The quantitative estimate of drug-likeness (QED) is 0.326. The van der Waals surface area contributed by atoms with Crippen LogP contribution in [0.3, 0.4) is 0 Å². The summed E-state index contributed by atoms with van der Waals surface area (Å²) in [5.41, 5.74) is 5.62. The van der Waals surface area contributed by atoms with Gasteiger partial charge in [-0.25, -0.2) is 0 Å². The molecule has 0 unspecified atom stereocenters. The molecule has 4 N–H and O–H groups in total. The van der Waals surface area contributed by atoms with Gasteiger partial charge in [0, 0.05) is 5.02 Å². The lowest BCUT2D eigenvalue weighted by Crippen LogP contribution is -2.57. The summed E-state index contributed by atoms with van der Waals surface area (Å²) >= 11 is 6.03. The first-order valence-electron chi connectivity index (χ1n) is 6.51. The van der Waals surface area contributed by atoms with Crippen LogP contribution in [0, 0.1) is 0 Å². The van der Waals surface area contributed by atoms with E-state index in [9.17, 15) is 4.79 Å². The van der Waals surface area contributed by atoms with Gasteiger partial charge in [-0.2, -0.15) is 0 Å². The van der Waals surface area contributed by atoms with Gasteiger partial charge in [-0.1, -0.05) is 48.8 Å². The minimum absolute atomic E-state index is 0.00927. The summed E-state index contributed by atoms with van der Waals surface area (Å²) in [6.45, 7) is 3.74. The maximum absolute atomic E-state index is 12.2. The fraction of sp³-hybridized carbons (Fsp3) is 0.429. The van der Waals surface area contributed by atoms with E-state index < -0.39 is 5.54 Å². The lowest BCUT2D eigenvalue weighted by atomic mass is 9.91. The lowest BCUT2D eigenvalue weighted by molar-refractivity contribution is -0.121. The van der Waals surface area contributed by atoms with Crippen LogP contribution in [-0.2, 0) is 11.2 Å². The molecule has 1 aromatic carbocycles. The molecule has 1 rings (SSSR count). The van der Waals surface area contributed by atoms with Crippen molar-refractivity contribution in [3.05, 3.63) is 34.9 Å². The normalized spacial score (nSPS) is 12.2. The summed E-state index contributed by atoms with van der Waals surface area (Å²) in [7, 11) is 0. The van der Waals surface area contributed by atoms with Crippen LogP contribution in [-0.4, -0.2) is 22.5 Å². The lowest BCUT2D eigenvalue weighted by Gasteiger charge is -2.31. The van der Waals surface area contributed by atoms with Crippen LogP contribution in [0.1, 0.15) is 32.3 Å². The average Bonchev–Trinajstić information content (AvgIpc) is 2.46. The Bertz CT molecular complexity index is 499. The Labute approximate surface area is 123 Å². The molecule has 0 saturated heterocycles. The zero-order valence-electron chi connectivity index (χ0n) is 11.7. The molecule has 6 heteroatoms. The van der Waals surface area contributed by atoms with Gasteiger partial charge >= 0.3 is 0 Å². The predicted molar refractivity (Wildman–Crippen MR) is 80.0 cm³/mol. The Hall–Kier alpha value is -1.75. The van der Waals surface area contributed by atoms with Crippen LogP contribution in [0.5, 0.6) is 0 Å². The van der Waals surface area contributed by atoms with Crippen LogP contribution in [0.2, 0.25) is 5.02 Å². The number of rotatable bonds is 6. The molecule has 0 aliphatic carbocycles. The number of benzene rings is 1. The largest absolute Gasteiger partial charge is 0.409 e. The van der Waals surface area contributed by atoms with E-state index in [1.165, 1.54) is 0 Å². The first-order valence-corrected chi connectivity index (χ1v) is 6.89. The highest BCUT2D eigenvalue weighted by Crippen LogP contribution is 2.18. The van der Waals surface area contributed by atoms with Gasteiger partial charge in [0.15, 0.2) is 5.84 Å². The number of nitrogens with zero attached hydrogens (tertiary/aromatic N) is 1. The summed E-state index contributed by atoms with van der Waals surface area (Å²) < 4.78 is 0. The van der Waals surface area contributed by atoms with E-state index in [0.717, 1.165) is 5.56 Å². The van der Waals surface area contributed by atoms with Crippen molar-refractivity contribution < 1.29 is 10.0 Å². The molecule has 20 heavy (non-hydrogen) atoms. The van der Waals surface area contributed by atoms with Crippen LogP contribution in [0.25, 0.3) is 0 Å². The Kier molecular flexibility index (Phi) is 5.82. The molecule has 5 nitrogen and oxygen atoms in total. The number of nitrogens with one attached hydrogen (secondary N) is 1. The van der Waals surface area contributed by atoms with E-state index in [2.05, 4.69) is 10.5 Å². The Morgan fingerprint density at radius 3 is 2.50 bits per heavy atom. The van der Waals surface area contributed by atoms with Gasteiger partial charge in [-0.15, -0.1) is 0 Å². The molecule has 0 aromatic heterocycles. The van der Waals surface area contributed by atoms with Gasteiger partial charge < -0.3 is 16.3 Å².